The van der Waals surface area contributed by atoms with Crippen molar-refractivity contribution in [2.45, 2.75) is 39.7 Å². The SMILES string of the molecule is CCC(O)(CNCC(C)C)c1ccc(C)cc1. The number of hydrogen-bond acceptors (Lipinski definition) is 2. The molecule has 0 fully saturated rings. The third kappa shape index (κ3) is 4.14. The first kappa shape index (κ1) is 14.2. The van der Waals surface area contributed by atoms with Crippen LogP contribution in [-0.4, -0.2) is 18.2 Å². The van der Waals surface area contributed by atoms with E-state index in [4.69, 9.17) is 0 Å². The minimum atomic E-state index is -0.747. The summed E-state index contributed by atoms with van der Waals surface area (Å²) in [5, 5.41) is 14.0. The number of rotatable bonds is 6. The van der Waals surface area contributed by atoms with E-state index in [2.05, 4.69) is 38.2 Å². The summed E-state index contributed by atoms with van der Waals surface area (Å²) in [5.41, 5.74) is 1.48. The van der Waals surface area contributed by atoms with Crippen molar-refractivity contribution in [3.8, 4) is 0 Å². The van der Waals surface area contributed by atoms with Crippen LogP contribution in [0.25, 0.3) is 0 Å². The van der Waals surface area contributed by atoms with Gasteiger partial charge in [-0.2, -0.15) is 0 Å². The first-order valence-corrected chi connectivity index (χ1v) is 6.48. The molecule has 2 N–H and O–H groups in total. The lowest BCUT2D eigenvalue weighted by Gasteiger charge is -2.28. The maximum absolute atomic E-state index is 10.6. The first-order chi connectivity index (χ1) is 7.98. The van der Waals surface area contributed by atoms with Crippen molar-refractivity contribution in [2.24, 2.45) is 5.92 Å². The van der Waals surface area contributed by atoms with Crippen molar-refractivity contribution in [2.75, 3.05) is 13.1 Å². The van der Waals surface area contributed by atoms with E-state index in [1.54, 1.807) is 0 Å². The van der Waals surface area contributed by atoms with E-state index in [9.17, 15) is 5.11 Å². The van der Waals surface area contributed by atoms with Crippen LogP contribution < -0.4 is 5.32 Å². The van der Waals surface area contributed by atoms with Gasteiger partial charge in [-0.25, -0.2) is 0 Å². The molecule has 1 rings (SSSR count). The molecule has 0 saturated carbocycles. The summed E-state index contributed by atoms with van der Waals surface area (Å²) in [6, 6.07) is 8.16. The zero-order valence-electron chi connectivity index (χ0n) is 11.5. The second-order valence-corrected chi connectivity index (χ2v) is 5.28. The Kier molecular flexibility index (Phi) is 5.16. The Bertz CT molecular complexity index is 331. The predicted octanol–water partition coefficient (Wildman–Crippen LogP) is 2.84. The quantitative estimate of drug-likeness (QED) is 0.794. The Balaban J connectivity index is 2.70. The highest BCUT2D eigenvalue weighted by atomic mass is 16.3. The topological polar surface area (TPSA) is 32.3 Å². The van der Waals surface area contributed by atoms with Gasteiger partial charge in [0.15, 0.2) is 0 Å². The third-order valence-corrected chi connectivity index (χ3v) is 3.14. The highest BCUT2D eigenvalue weighted by Crippen LogP contribution is 2.24. The first-order valence-electron chi connectivity index (χ1n) is 6.48. The minimum absolute atomic E-state index is 0.606. The molecule has 0 amide bonds. The van der Waals surface area contributed by atoms with E-state index in [1.165, 1.54) is 5.56 Å². The van der Waals surface area contributed by atoms with Crippen LogP contribution >= 0.6 is 0 Å². The van der Waals surface area contributed by atoms with Gasteiger partial charge in [-0.05, 0) is 31.4 Å². The lowest BCUT2D eigenvalue weighted by Crippen LogP contribution is -2.39. The summed E-state index contributed by atoms with van der Waals surface area (Å²) >= 11 is 0. The fourth-order valence-electron chi connectivity index (χ4n) is 1.86. The Labute approximate surface area is 105 Å². The second-order valence-electron chi connectivity index (χ2n) is 5.28. The van der Waals surface area contributed by atoms with E-state index >= 15 is 0 Å². The van der Waals surface area contributed by atoms with Crippen LogP contribution in [0.3, 0.4) is 0 Å². The van der Waals surface area contributed by atoms with Gasteiger partial charge < -0.3 is 10.4 Å². The van der Waals surface area contributed by atoms with Crippen molar-refractivity contribution in [1.82, 2.24) is 5.32 Å². The summed E-state index contributed by atoms with van der Waals surface area (Å²) in [6.07, 6.45) is 0.723. The fraction of sp³-hybridized carbons (Fsp3) is 0.600. The number of aliphatic hydroxyl groups is 1. The average molecular weight is 235 g/mol. The smallest absolute Gasteiger partial charge is 0.102 e. The van der Waals surface area contributed by atoms with Gasteiger partial charge in [0.05, 0.1) is 0 Å². The van der Waals surface area contributed by atoms with E-state index in [0.717, 1.165) is 18.5 Å². The molecule has 1 aromatic rings. The van der Waals surface area contributed by atoms with Gasteiger partial charge in [-0.3, -0.25) is 0 Å². The molecule has 2 nitrogen and oxygen atoms in total. The zero-order valence-corrected chi connectivity index (χ0v) is 11.5. The summed E-state index contributed by atoms with van der Waals surface area (Å²) in [5.74, 6) is 0.606. The molecule has 0 bridgehead atoms. The number of benzene rings is 1. The highest BCUT2D eigenvalue weighted by Gasteiger charge is 2.26. The van der Waals surface area contributed by atoms with E-state index < -0.39 is 5.60 Å². The molecule has 0 aliphatic heterocycles. The second kappa shape index (κ2) is 6.18. The summed E-state index contributed by atoms with van der Waals surface area (Å²) < 4.78 is 0. The van der Waals surface area contributed by atoms with Crippen molar-refractivity contribution in [3.63, 3.8) is 0 Å². The number of nitrogens with one attached hydrogen (secondary N) is 1. The fourth-order valence-corrected chi connectivity index (χ4v) is 1.86. The molecule has 0 aliphatic rings. The molecule has 0 spiro atoms. The molecule has 0 radical (unpaired) electrons. The summed E-state index contributed by atoms with van der Waals surface area (Å²) in [6.45, 7) is 9.98. The molecule has 17 heavy (non-hydrogen) atoms. The maximum Gasteiger partial charge on any atom is 0.102 e. The molecule has 0 heterocycles. The van der Waals surface area contributed by atoms with Crippen molar-refractivity contribution in [3.05, 3.63) is 35.4 Å². The van der Waals surface area contributed by atoms with Gasteiger partial charge in [0, 0.05) is 6.54 Å². The largest absolute Gasteiger partial charge is 0.384 e. The van der Waals surface area contributed by atoms with Crippen molar-refractivity contribution < 1.29 is 5.11 Å². The van der Waals surface area contributed by atoms with Gasteiger partial charge in [0.2, 0.25) is 0 Å². The third-order valence-electron chi connectivity index (χ3n) is 3.14. The van der Waals surface area contributed by atoms with Gasteiger partial charge >= 0.3 is 0 Å². The van der Waals surface area contributed by atoms with E-state index in [-0.39, 0.29) is 0 Å². The maximum atomic E-state index is 10.6. The monoisotopic (exact) mass is 235 g/mol. The Morgan fingerprint density at radius 3 is 2.29 bits per heavy atom. The van der Waals surface area contributed by atoms with Crippen LogP contribution in [0, 0.1) is 12.8 Å². The Morgan fingerprint density at radius 1 is 1.24 bits per heavy atom. The highest BCUT2D eigenvalue weighted by molar-refractivity contribution is 5.26. The molecule has 0 aromatic heterocycles. The lowest BCUT2D eigenvalue weighted by molar-refractivity contribution is 0.0322. The minimum Gasteiger partial charge on any atom is -0.384 e. The molecule has 1 unspecified atom stereocenters. The van der Waals surface area contributed by atoms with Gasteiger partial charge in [-0.15, -0.1) is 0 Å². The van der Waals surface area contributed by atoms with Gasteiger partial charge in [0.1, 0.15) is 5.60 Å². The number of hydrogen-bond donors (Lipinski definition) is 2. The van der Waals surface area contributed by atoms with E-state index in [1.807, 2.05) is 19.1 Å². The molecule has 0 saturated heterocycles. The Hall–Kier alpha value is -0.860. The van der Waals surface area contributed by atoms with Crippen molar-refractivity contribution >= 4 is 0 Å². The van der Waals surface area contributed by atoms with Gasteiger partial charge in [0.25, 0.3) is 0 Å². The molecule has 1 atom stereocenters. The standard InChI is InChI=1S/C15H25NO/c1-5-15(17,11-16-10-12(2)3)14-8-6-13(4)7-9-14/h6-9,12,16-17H,5,10-11H2,1-4H3. The summed E-state index contributed by atoms with van der Waals surface area (Å²) in [4.78, 5) is 0. The molecular formula is C15H25NO. The van der Waals surface area contributed by atoms with Crippen LogP contribution in [-0.2, 0) is 5.60 Å². The van der Waals surface area contributed by atoms with Crippen LogP contribution in [0.5, 0.6) is 0 Å². The summed E-state index contributed by atoms with van der Waals surface area (Å²) in [7, 11) is 0. The number of aryl methyl sites for hydroxylation is 1. The lowest BCUT2D eigenvalue weighted by atomic mass is 9.90. The normalized spacial score (nSPS) is 14.9. The predicted molar refractivity (Wildman–Crippen MR) is 73.1 cm³/mol. The Morgan fingerprint density at radius 2 is 1.82 bits per heavy atom. The van der Waals surface area contributed by atoms with E-state index in [0.29, 0.717) is 12.5 Å². The molecular weight excluding hydrogens is 210 g/mol. The van der Waals surface area contributed by atoms with Crippen LogP contribution in [0.2, 0.25) is 0 Å². The molecule has 0 aliphatic carbocycles. The van der Waals surface area contributed by atoms with Gasteiger partial charge in [-0.1, -0.05) is 50.6 Å². The van der Waals surface area contributed by atoms with Crippen LogP contribution in [0.15, 0.2) is 24.3 Å². The molecule has 2 heteroatoms. The zero-order chi connectivity index (χ0) is 12.9. The van der Waals surface area contributed by atoms with Crippen LogP contribution in [0.4, 0.5) is 0 Å². The molecule has 96 valence electrons. The van der Waals surface area contributed by atoms with Crippen molar-refractivity contribution in [1.29, 1.82) is 0 Å². The van der Waals surface area contributed by atoms with Crippen LogP contribution in [0.1, 0.15) is 38.3 Å². The average Bonchev–Trinajstić information content (AvgIpc) is 2.29. The molecule has 1 aromatic carbocycles.